The fourth-order valence-electron chi connectivity index (χ4n) is 2.13. The summed E-state index contributed by atoms with van der Waals surface area (Å²) in [6.45, 7) is 8.83. The number of rotatable bonds is 3. The van der Waals surface area contributed by atoms with Crippen molar-refractivity contribution in [2.24, 2.45) is 0 Å². The fourth-order valence-corrected chi connectivity index (χ4v) is 2.13. The Bertz CT molecular complexity index is 557. The molecule has 0 unspecified atom stereocenters. The molecule has 1 heterocycles. The van der Waals surface area contributed by atoms with Crippen LogP contribution in [0.4, 0.5) is 5.82 Å². The second-order valence-electron chi connectivity index (χ2n) is 5.48. The van der Waals surface area contributed by atoms with Crippen molar-refractivity contribution in [1.82, 2.24) is 9.97 Å². The molecule has 19 heavy (non-hydrogen) atoms. The molecule has 1 aromatic heterocycles. The molecule has 0 aliphatic carbocycles. The Morgan fingerprint density at radius 3 is 2.21 bits per heavy atom. The maximum Gasteiger partial charge on any atom is 0.141 e. The van der Waals surface area contributed by atoms with Gasteiger partial charge in [0.05, 0.1) is 18.1 Å². The predicted octanol–water partition coefficient (Wildman–Crippen LogP) is 3.97. The van der Waals surface area contributed by atoms with E-state index < -0.39 is 0 Å². The topological polar surface area (TPSA) is 51.8 Å². The van der Waals surface area contributed by atoms with Crippen LogP contribution in [0.25, 0.3) is 11.3 Å². The second-order valence-corrected chi connectivity index (χ2v) is 5.48. The minimum Gasteiger partial charge on any atom is -0.382 e. The van der Waals surface area contributed by atoms with Gasteiger partial charge in [-0.05, 0) is 23.0 Å². The Balaban J connectivity index is 2.53. The molecular weight excluding hydrogens is 234 g/mol. The molecule has 3 heteroatoms. The summed E-state index contributed by atoms with van der Waals surface area (Å²) in [6, 6.07) is 6.59. The maximum absolute atomic E-state index is 5.59. The quantitative estimate of drug-likeness (QED) is 0.902. The first-order valence-corrected chi connectivity index (χ1v) is 6.70. The third-order valence-corrected chi connectivity index (χ3v) is 3.31. The van der Waals surface area contributed by atoms with Crippen molar-refractivity contribution < 1.29 is 0 Å². The predicted molar refractivity (Wildman–Crippen MR) is 80.1 cm³/mol. The first-order valence-electron chi connectivity index (χ1n) is 6.70. The van der Waals surface area contributed by atoms with E-state index >= 15 is 0 Å². The molecule has 1 aromatic carbocycles. The van der Waals surface area contributed by atoms with Crippen LogP contribution >= 0.6 is 0 Å². The van der Waals surface area contributed by atoms with Crippen LogP contribution in [0.15, 0.2) is 30.6 Å². The minimum absolute atomic E-state index is 0.452. The van der Waals surface area contributed by atoms with E-state index in [1.165, 1.54) is 11.1 Å². The number of hydrogen-bond donors (Lipinski definition) is 1. The van der Waals surface area contributed by atoms with Gasteiger partial charge in [-0.2, -0.15) is 0 Å². The summed E-state index contributed by atoms with van der Waals surface area (Å²) in [5, 5.41) is 0. The lowest BCUT2D eigenvalue weighted by atomic mass is 9.90. The Hall–Kier alpha value is -1.90. The average Bonchev–Trinajstić information content (AvgIpc) is 2.38. The van der Waals surface area contributed by atoms with E-state index in [1.54, 1.807) is 12.4 Å². The number of hydrogen-bond acceptors (Lipinski definition) is 3. The smallest absolute Gasteiger partial charge is 0.141 e. The summed E-state index contributed by atoms with van der Waals surface area (Å²) in [6.07, 6.45) is 3.35. The van der Waals surface area contributed by atoms with Crippen LogP contribution in [0, 0.1) is 0 Å². The molecule has 0 aliphatic heterocycles. The first kappa shape index (κ1) is 13.5. The highest BCUT2D eigenvalue weighted by atomic mass is 14.9. The molecule has 0 bridgehead atoms. The molecule has 0 amide bonds. The Morgan fingerprint density at radius 1 is 0.947 bits per heavy atom. The summed E-state index contributed by atoms with van der Waals surface area (Å²) >= 11 is 0. The van der Waals surface area contributed by atoms with E-state index in [0.717, 1.165) is 11.3 Å². The van der Waals surface area contributed by atoms with E-state index in [-0.39, 0.29) is 0 Å². The highest BCUT2D eigenvalue weighted by molar-refractivity contribution is 5.65. The molecule has 2 rings (SSSR count). The maximum atomic E-state index is 5.59. The molecule has 2 aromatic rings. The zero-order valence-corrected chi connectivity index (χ0v) is 12.0. The summed E-state index contributed by atoms with van der Waals surface area (Å²) < 4.78 is 0. The molecule has 3 nitrogen and oxygen atoms in total. The van der Waals surface area contributed by atoms with Crippen molar-refractivity contribution in [3.63, 3.8) is 0 Å². The Morgan fingerprint density at radius 2 is 1.68 bits per heavy atom. The van der Waals surface area contributed by atoms with Gasteiger partial charge in [-0.1, -0.05) is 45.9 Å². The molecular formula is C16H21N3. The van der Waals surface area contributed by atoms with Crippen LogP contribution < -0.4 is 5.73 Å². The van der Waals surface area contributed by atoms with Crippen molar-refractivity contribution >= 4 is 5.82 Å². The third-order valence-electron chi connectivity index (χ3n) is 3.31. The number of benzene rings is 1. The van der Waals surface area contributed by atoms with E-state index in [9.17, 15) is 0 Å². The number of nitrogen functional groups attached to an aromatic ring is 1. The van der Waals surface area contributed by atoms with Gasteiger partial charge in [0, 0.05) is 5.56 Å². The molecule has 0 saturated carbocycles. The van der Waals surface area contributed by atoms with Crippen LogP contribution in [-0.4, -0.2) is 9.97 Å². The van der Waals surface area contributed by atoms with E-state index in [4.69, 9.17) is 5.73 Å². The molecule has 100 valence electrons. The van der Waals surface area contributed by atoms with Crippen LogP contribution in [0.2, 0.25) is 0 Å². The first-order chi connectivity index (χ1) is 8.99. The van der Waals surface area contributed by atoms with Gasteiger partial charge in [0.1, 0.15) is 5.82 Å². The van der Waals surface area contributed by atoms with Crippen LogP contribution in [0.3, 0.4) is 0 Å². The number of nitrogens with two attached hydrogens (primary N) is 1. The van der Waals surface area contributed by atoms with Gasteiger partial charge in [0.15, 0.2) is 0 Å². The number of aromatic nitrogens is 2. The molecule has 0 spiro atoms. The zero-order chi connectivity index (χ0) is 14.0. The van der Waals surface area contributed by atoms with Gasteiger partial charge in [-0.15, -0.1) is 0 Å². The molecule has 0 radical (unpaired) electrons. The normalized spacial score (nSPS) is 11.3. The van der Waals surface area contributed by atoms with Gasteiger partial charge in [-0.3, -0.25) is 4.98 Å². The number of anilines is 1. The van der Waals surface area contributed by atoms with Crippen molar-refractivity contribution in [2.45, 2.75) is 39.5 Å². The lowest BCUT2D eigenvalue weighted by Gasteiger charge is -2.16. The molecule has 0 aliphatic rings. The molecule has 0 atom stereocenters. The molecule has 2 N–H and O–H groups in total. The van der Waals surface area contributed by atoms with Gasteiger partial charge in [0.25, 0.3) is 0 Å². The fraction of sp³-hybridized carbons (Fsp3) is 0.375. The average molecular weight is 255 g/mol. The van der Waals surface area contributed by atoms with Crippen molar-refractivity contribution in [1.29, 1.82) is 0 Å². The lowest BCUT2D eigenvalue weighted by molar-refractivity contribution is 0.835. The van der Waals surface area contributed by atoms with Gasteiger partial charge < -0.3 is 5.73 Å². The van der Waals surface area contributed by atoms with E-state index in [2.05, 4.69) is 55.9 Å². The standard InChI is InChI=1S/C16H21N3/c1-10(2)12-5-6-13(14(7-12)11(3)4)15-8-19-16(17)9-18-15/h5-11H,1-4H3,(H2,17,19). The summed E-state index contributed by atoms with van der Waals surface area (Å²) in [7, 11) is 0. The van der Waals surface area contributed by atoms with Crippen LogP contribution in [-0.2, 0) is 0 Å². The van der Waals surface area contributed by atoms with Gasteiger partial charge in [0.2, 0.25) is 0 Å². The van der Waals surface area contributed by atoms with Crippen molar-refractivity contribution in [3.8, 4) is 11.3 Å². The Kier molecular flexibility index (Phi) is 3.84. The highest BCUT2D eigenvalue weighted by Gasteiger charge is 2.12. The van der Waals surface area contributed by atoms with Crippen LogP contribution in [0.1, 0.15) is 50.7 Å². The molecule has 0 fully saturated rings. The second kappa shape index (κ2) is 5.39. The molecule has 0 saturated heterocycles. The third kappa shape index (κ3) is 2.92. The number of nitrogens with zero attached hydrogens (tertiary/aromatic N) is 2. The van der Waals surface area contributed by atoms with Crippen molar-refractivity contribution in [2.75, 3.05) is 5.73 Å². The minimum atomic E-state index is 0.452. The monoisotopic (exact) mass is 255 g/mol. The van der Waals surface area contributed by atoms with Crippen molar-refractivity contribution in [3.05, 3.63) is 41.7 Å². The van der Waals surface area contributed by atoms with Crippen LogP contribution in [0.5, 0.6) is 0 Å². The van der Waals surface area contributed by atoms with Gasteiger partial charge in [-0.25, -0.2) is 4.98 Å². The highest BCUT2D eigenvalue weighted by Crippen LogP contribution is 2.30. The lowest BCUT2D eigenvalue weighted by Crippen LogP contribution is -1.99. The van der Waals surface area contributed by atoms with E-state index in [1.807, 2.05) is 0 Å². The summed E-state index contributed by atoms with van der Waals surface area (Å²) in [4.78, 5) is 8.51. The van der Waals surface area contributed by atoms with Gasteiger partial charge >= 0.3 is 0 Å². The summed E-state index contributed by atoms with van der Waals surface area (Å²) in [5.74, 6) is 1.44. The largest absolute Gasteiger partial charge is 0.382 e. The van der Waals surface area contributed by atoms with E-state index in [0.29, 0.717) is 17.7 Å². The SMILES string of the molecule is CC(C)c1ccc(-c2cnc(N)cn2)c(C(C)C)c1. The summed E-state index contributed by atoms with van der Waals surface area (Å²) in [5.41, 5.74) is 10.3. The zero-order valence-electron chi connectivity index (χ0n) is 12.0. The Labute approximate surface area is 114 Å².